The largest absolute Gasteiger partial charge is 0.478 e. The highest BCUT2D eigenvalue weighted by Gasteiger charge is 2.21. The number of para-hydroxylation sites is 1. The fourth-order valence-electron chi connectivity index (χ4n) is 3.17. The molecule has 0 saturated carbocycles. The van der Waals surface area contributed by atoms with Gasteiger partial charge in [0.05, 0.1) is 43.0 Å². The number of amides is 1. The lowest BCUT2D eigenvalue weighted by Gasteiger charge is -2.15. The minimum Gasteiger partial charge on any atom is -0.478 e. The lowest BCUT2D eigenvalue weighted by atomic mass is 10.1. The number of nitrogens with zero attached hydrogens (tertiary/aromatic N) is 2. The average Bonchev–Trinajstić information content (AvgIpc) is 3.09. The van der Waals surface area contributed by atoms with Gasteiger partial charge < -0.3 is 16.2 Å². The van der Waals surface area contributed by atoms with E-state index in [-0.39, 0.29) is 22.1 Å². The standard InChI is InChI=1S/C21H12BrCl3N4O3/c22-11-6-10(20(31)32)8-15-18(11)29(16-5-4-9(19(26)30)7-14(16)25)21(27-15)28-17-12(23)2-1-3-13(17)24/h1-8H,(H2,26,30)(H,27,28)(H,31,32). The fraction of sp³-hybridized carbons (Fsp3) is 0. The Morgan fingerprint density at radius 1 is 1.00 bits per heavy atom. The number of carbonyl (C=O) groups excluding carboxylic acids is 1. The van der Waals surface area contributed by atoms with Crippen LogP contribution in [0.4, 0.5) is 11.6 Å². The number of carboxylic acid groups (broad SMARTS) is 1. The van der Waals surface area contributed by atoms with Gasteiger partial charge >= 0.3 is 5.97 Å². The first-order valence-corrected chi connectivity index (χ1v) is 10.9. The second-order valence-electron chi connectivity index (χ2n) is 6.65. The van der Waals surface area contributed by atoms with Crippen molar-refractivity contribution in [1.82, 2.24) is 9.55 Å². The number of benzene rings is 3. The summed E-state index contributed by atoms with van der Waals surface area (Å²) >= 11 is 22.6. The van der Waals surface area contributed by atoms with Crippen LogP contribution in [0.2, 0.25) is 15.1 Å². The maximum absolute atomic E-state index is 11.5. The highest BCUT2D eigenvalue weighted by atomic mass is 79.9. The fourth-order valence-corrected chi connectivity index (χ4v) is 4.56. The van der Waals surface area contributed by atoms with E-state index in [0.717, 1.165) is 0 Å². The van der Waals surface area contributed by atoms with Crippen LogP contribution in [-0.4, -0.2) is 26.5 Å². The summed E-state index contributed by atoms with van der Waals surface area (Å²) in [6.45, 7) is 0. The molecule has 0 bridgehead atoms. The highest BCUT2D eigenvalue weighted by molar-refractivity contribution is 9.10. The monoisotopic (exact) mass is 552 g/mol. The zero-order valence-corrected chi connectivity index (χ0v) is 19.7. The normalized spacial score (nSPS) is 11.0. The molecule has 3 aromatic carbocycles. The highest BCUT2D eigenvalue weighted by Crippen LogP contribution is 2.38. The second-order valence-corrected chi connectivity index (χ2v) is 8.73. The van der Waals surface area contributed by atoms with Crippen molar-refractivity contribution >= 4 is 85.3 Å². The predicted octanol–water partition coefficient (Wildman–Crippen LogP) is 6.29. The van der Waals surface area contributed by atoms with Gasteiger partial charge in [0.2, 0.25) is 11.9 Å². The van der Waals surface area contributed by atoms with E-state index in [1.807, 2.05) is 0 Å². The Balaban J connectivity index is 2.02. The van der Waals surface area contributed by atoms with Gasteiger partial charge in [0.15, 0.2) is 0 Å². The number of hydrogen-bond acceptors (Lipinski definition) is 4. The van der Waals surface area contributed by atoms with Crippen LogP contribution < -0.4 is 11.1 Å². The Hall–Kier alpha value is -2.78. The first-order chi connectivity index (χ1) is 15.2. The van der Waals surface area contributed by atoms with Crippen LogP contribution in [0.3, 0.4) is 0 Å². The number of aromatic carboxylic acids is 1. The molecule has 4 N–H and O–H groups in total. The van der Waals surface area contributed by atoms with Crippen molar-refractivity contribution in [2.75, 3.05) is 5.32 Å². The van der Waals surface area contributed by atoms with Crippen molar-refractivity contribution in [1.29, 1.82) is 0 Å². The van der Waals surface area contributed by atoms with Gasteiger partial charge in [-0.05, 0) is 58.4 Å². The number of anilines is 2. The zero-order valence-electron chi connectivity index (χ0n) is 15.9. The number of hydrogen-bond donors (Lipinski definition) is 3. The molecule has 0 aliphatic rings. The maximum atomic E-state index is 11.5. The van der Waals surface area contributed by atoms with E-state index in [4.69, 9.17) is 40.5 Å². The van der Waals surface area contributed by atoms with E-state index in [9.17, 15) is 14.7 Å². The van der Waals surface area contributed by atoms with Gasteiger partial charge in [0, 0.05) is 10.0 Å². The molecule has 1 amide bonds. The van der Waals surface area contributed by atoms with Crippen LogP contribution in [0.5, 0.6) is 0 Å². The van der Waals surface area contributed by atoms with Crippen molar-refractivity contribution in [3.05, 3.63) is 79.2 Å². The smallest absolute Gasteiger partial charge is 0.335 e. The molecule has 1 aromatic heterocycles. The number of rotatable bonds is 5. The number of fused-ring (bicyclic) bond motifs is 1. The summed E-state index contributed by atoms with van der Waals surface area (Å²) in [5, 5.41) is 13.5. The number of aromatic nitrogens is 2. The summed E-state index contributed by atoms with van der Waals surface area (Å²) in [5.41, 5.74) is 7.42. The van der Waals surface area contributed by atoms with Gasteiger partial charge in [-0.15, -0.1) is 0 Å². The SMILES string of the molecule is NC(=O)c1ccc(-n2c(Nc3c(Cl)cccc3Cl)nc3cc(C(=O)O)cc(Br)c32)c(Cl)c1. The molecular formula is C21H12BrCl3N4O3. The quantitative estimate of drug-likeness (QED) is 0.269. The van der Waals surface area contributed by atoms with E-state index < -0.39 is 11.9 Å². The Morgan fingerprint density at radius 2 is 1.69 bits per heavy atom. The topological polar surface area (TPSA) is 110 Å². The molecule has 0 spiro atoms. The van der Waals surface area contributed by atoms with Crippen molar-refractivity contribution in [3.8, 4) is 5.69 Å². The van der Waals surface area contributed by atoms with E-state index in [1.165, 1.54) is 24.3 Å². The molecule has 7 nitrogen and oxygen atoms in total. The van der Waals surface area contributed by atoms with Crippen LogP contribution in [0.15, 0.2) is 53.0 Å². The van der Waals surface area contributed by atoms with Crippen molar-refractivity contribution in [2.45, 2.75) is 0 Å². The zero-order chi connectivity index (χ0) is 23.2. The van der Waals surface area contributed by atoms with Crippen LogP contribution in [0, 0.1) is 0 Å². The second kappa shape index (κ2) is 8.63. The number of imidazole rings is 1. The maximum Gasteiger partial charge on any atom is 0.335 e. The summed E-state index contributed by atoms with van der Waals surface area (Å²) in [4.78, 5) is 27.6. The van der Waals surface area contributed by atoms with Crippen molar-refractivity contribution in [2.24, 2.45) is 5.73 Å². The molecule has 0 fully saturated rings. The van der Waals surface area contributed by atoms with Gasteiger partial charge in [0.1, 0.15) is 0 Å². The number of carbonyl (C=O) groups is 2. The molecule has 162 valence electrons. The number of nitrogens with two attached hydrogens (primary N) is 1. The van der Waals surface area contributed by atoms with Gasteiger partial charge in [-0.1, -0.05) is 40.9 Å². The molecule has 32 heavy (non-hydrogen) atoms. The Labute approximate surface area is 204 Å². The molecule has 11 heteroatoms. The first-order valence-electron chi connectivity index (χ1n) is 8.93. The molecule has 4 rings (SSSR count). The minimum atomic E-state index is -1.10. The van der Waals surface area contributed by atoms with Crippen molar-refractivity contribution in [3.63, 3.8) is 0 Å². The van der Waals surface area contributed by atoms with Gasteiger partial charge in [-0.3, -0.25) is 9.36 Å². The van der Waals surface area contributed by atoms with E-state index in [2.05, 4.69) is 26.2 Å². The third-order valence-electron chi connectivity index (χ3n) is 4.62. The summed E-state index contributed by atoms with van der Waals surface area (Å²) in [6.07, 6.45) is 0. The molecule has 0 unspecified atom stereocenters. The summed E-state index contributed by atoms with van der Waals surface area (Å²) in [5.74, 6) is -1.45. The predicted molar refractivity (Wildman–Crippen MR) is 129 cm³/mol. The summed E-state index contributed by atoms with van der Waals surface area (Å²) in [7, 11) is 0. The van der Waals surface area contributed by atoms with E-state index in [0.29, 0.717) is 36.9 Å². The molecule has 1 heterocycles. The molecule has 0 saturated heterocycles. The van der Waals surface area contributed by atoms with E-state index >= 15 is 0 Å². The van der Waals surface area contributed by atoms with Crippen LogP contribution in [-0.2, 0) is 0 Å². The van der Waals surface area contributed by atoms with Crippen LogP contribution in [0.1, 0.15) is 20.7 Å². The van der Waals surface area contributed by atoms with Gasteiger partial charge in [-0.2, -0.15) is 0 Å². The van der Waals surface area contributed by atoms with E-state index in [1.54, 1.807) is 28.8 Å². The Morgan fingerprint density at radius 3 is 2.28 bits per heavy atom. The third-order valence-corrected chi connectivity index (χ3v) is 6.16. The number of halogens is 4. The molecule has 0 aliphatic carbocycles. The molecule has 0 aliphatic heterocycles. The van der Waals surface area contributed by atoms with Crippen LogP contribution in [0.25, 0.3) is 16.7 Å². The number of carboxylic acids is 1. The minimum absolute atomic E-state index is 0.0477. The number of primary amides is 1. The summed E-state index contributed by atoms with van der Waals surface area (Å²) < 4.78 is 2.13. The van der Waals surface area contributed by atoms with Crippen molar-refractivity contribution < 1.29 is 14.7 Å². The van der Waals surface area contributed by atoms with Gasteiger partial charge in [0.25, 0.3) is 0 Å². The molecular weight excluding hydrogens is 543 g/mol. The molecule has 0 atom stereocenters. The van der Waals surface area contributed by atoms with Crippen LogP contribution >= 0.6 is 50.7 Å². The lowest BCUT2D eigenvalue weighted by molar-refractivity contribution is 0.0696. The molecule has 4 aromatic rings. The lowest BCUT2D eigenvalue weighted by Crippen LogP contribution is -2.11. The summed E-state index contributed by atoms with van der Waals surface area (Å²) in [6, 6.07) is 12.5. The first kappa shape index (κ1) is 22.4. The Bertz CT molecular complexity index is 1400. The number of nitrogens with one attached hydrogen (secondary N) is 1. The Kier molecular flexibility index (Phi) is 6.05. The average molecular weight is 555 g/mol. The third kappa shape index (κ3) is 4.02. The van der Waals surface area contributed by atoms with Gasteiger partial charge in [-0.25, -0.2) is 9.78 Å². The molecule has 0 radical (unpaired) electrons.